The number of ether oxygens (including phenoxy) is 2. The van der Waals surface area contributed by atoms with E-state index in [0.29, 0.717) is 18.8 Å². The Hall–Kier alpha value is -1.40. The van der Waals surface area contributed by atoms with Crippen LogP contribution in [0.25, 0.3) is 0 Å². The number of hydrogen-bond donors (Lipinski definition) is 2. The number of alkyl halides is 2. The summed E-state index contributed by atoms with van der Waals surface area (Å²) in [4.78, 5) is 0. The molecule has 2 N–H and O–H groups in total. The van der Waals surface area contributed by atoms with Gasteiger partial charge >= 0.3 is 6.61 Å². The van der Waals surface area contributed by atoms with Crippen LogP contribution in [-0.4, -0.2) is 37.6 Å². The van der Waals surface area contributed by atoms with Gasteiger partial charge in [0.25, 0.3) is 0 Å². The van der Waals surface area contributed by atoms with Crippen molar-refractivity contribution in [2.75, 3.05) is 25.1 Å². The average molecular weight is 261 g/mol. The summed E-state index contributed by atoms with van der Waals surface area (Å²) in [7, 11) is 0. The van der Waals surface area contributed by atoms with Crippen molar-refractivity contribution in [1.82, 2.24) is 0 Å². The van der Waals surface area contributed by atoms with E-state index in [0.717, 1.165) is 0 Å². The van der Waals surface area contributed by atoms with Crippen LogP contribution in [0.2, 0.25) is 0 Å². The first kappa shape index (κ1) is 14.7. The lowest BCUT2D eigenvalue weighted by molar-refractivity contribution is -0.0498. The molecule has 0 spiro atoms. The first-order valence-corrected chi connectivity index (χ1v) is 5.66. The van der Waals surface area contributed by atoms with Gasteiger partial charge in [0, 0.05) is 18.8 Å². The van der Waals surface area contributed by atoms with Crippen LogP contribution < -0.4 is 10.1 Å². The maximum absolute atomic E-state index is 11.9. The zero-order chi connectivity index (χ0) is 13.4. The zero-order valence-electron chi connectivity index (χ0n) is 10.1. The number of hydrogen-bond acceptors (Lipinski definition) is 4. The van der Waals surface area contributed by atoms with E-state index >= 15 is 0 Å². The second-order valence-corrected chi connectivity index (χ2v) is 3.60. The van der Waals surface area contributed by atoms with Crippen molar-refractivity contribution < 1.29 is 23.4 Å². The number of aliphatic hydroxyl groups excluding tert-OH is 1. The van der Waals surface area contributed by atoms with Crippen molar-refractivity contribution in [1.29, 1.82) is 0 Å². The Balaban J connectivity index is 2.34. The van der Waals surface area contributed by atoms with Crippen molar-refractivity contribution in [3.05, 3.63) is 24.3 Å². The van der Waals surface area contributed by atoms with Gasteiger partial charge in [-0.2, -0.15) is 8.78 Å². The molecule has 1 rings (SSSR count). The molecule has 1 aromatic rings. The number of benzene rings is 1. The Morgan fingerprint density at radius 2 is 1.94 bits per heavy atom. The third kappa shape index (κ3) is 5.79. The third-order valence-corrected chi connectivity index (χ3v) is 2.14. The largest absolute Gasteiger partial charge is 0.435 e. The predicted octanol–water partition coefficient (Wildman–Crippen LogP) is 2.10. The highest BCUT2D eigenvalue weighted by molar-refractivity contribution is 5.46. The van der Waals surface area contributed by atoms with Gasteiger partial charge in [0.15, 0.2) is 0 Å². The molecule has 0 fully saturated rings. The van der Waals surface area contributed by atoms with E-state index in [9.17, 15) is 13.9 Å². The number of rotatable bonds is 8. The third-order valence-electron chi connectivity index (χ3n) is 2.14. The highest BCUT2D eigenvalue weighted by atomic mass is 19.3. The fourth-order valence-electron chi connectivity index (χ4n) is 1.30. The Kier molecular flexibility index (Phi) is 6.38. The number of nitrogens with one attached hydrogen (secondary N) is 1. The van der Waals surface area contributed by atoms with Crippen LogP contribution in [0.15, 0.2) is 24.3 Å². The van der Waals surface area contributed by atoms with Crippen LogP contribution >= 0.6 is 0 Å². The minimum absolute atomic E-state index is 0.102. The molecule has 0 aromatic heterocycles. The van der Waals surface area contributed by atoms with Gasteiger partial charge in [-0.3, -0.25) is 0 Å². The smallest absolute Gasteiger partial charge is 0.387 e. The summed E-state index contributed by atoms with van der Waals surface area (Å²) in [6.07, 6.45) is -0.609. The van der Waals surface area contributed by atoms with Crippen molar-refractivity contribution in [3.63, 3.8) is 0 Å². The molecule has 1 atom stereocenters. The van der Waals surface area contributed by atoms with Crippen LogP contribution in [-0.2, 0) is 4.74 Å². The van der Waals surface area contributed by atoms with Gasteiger partial charge in [0.2, 0.25) is 0 Å². The summed E-state index contributed by atoms with van der Waals surface area (Å²) in [6, 6.07) is 6.07. The number of aliphatic hydroxyl groups is 1. The molecule has 0 bridgehead atoms. The monoisotopic (exact) mass is 261 g/mol. The van der Waals surface area contributed by atoms with Gasteiger partial charge in [-0.15, -0.1) is 0 Å². The van der Waals surface area contributed by atoms with Crippen LogP contribution in [0, 0.1) is 0 Å². The zero-order valence-corrected chi connectivity index (χ0v) is 10.1. The van der Waals surface area contributed by atoms with Gasteiger partial charge in [-0.25, -0.2) is 0 Å². The molecule has 0 heterocycles. The highest BCUT2D eigenvalue weighted by Gasteiger charge is 2.05. The van der Waals surface area contributed by atoms with Crippen molar-refractivity contribution in [3.8, 4) is 5.75 Å². The quantitative estimate of drug-likeness (QED) is 0.752. The Morgan fingerprint density at radius 3 is 2.50 bits per heavy atom. The summed E-state index contributed by atoms with van der Waals surface area (Å²) in [6.45, 7) is 0.167. The summed E-state index contributed by atoms with van der Waals surface area (Å²) >= 11 is 0. The fraction of sp³-hybridized carbons (Fsp3) is 0.500. The Bertz CT molecular complexity index is 333. The first-order chi connectivity index (χ1) is 8.61. The van der Waals surface area contributed by atoms with Gasteiger partial charge in [0.05, 0.1) is 12.7 Å². The SMILES string of the molecule is CCOCC(O)CNc1ccc(OC(F)F)cc1. The maximum atomic E-state index is 11.9. The number of halogens is 2. The summed E-state index contributed by atoms with van der Waals surface area (Å²) in [5.41, 5.74) is 0.715. The predicted molar refractivity (Wildman–Crippen MR) is 64.1 cm³/mol. The Morgan fingerprint density at radius 1 is 1.28 bits per heavy atom. The molecule has 0 aliphatic heterocycles. The fourth-order valence-corrected chi connectivity index (χ4v) is 1.30. The topological polar surface area (TPSA) is 50.7 Å². The van der Waals surface area contributed by atoms with Crippen molar-refractivity contribution in [2.45, 2.75) is 19.6 Å². The van der Waals surface area contributed by atoms with Gasteiger partial charge in [-0.1, -0.05) is 0 Å². The summed E-state index contributed by atoms with van der Waals surface area (Å²) in [5, 5.41) is 12.5. The van der Waals surface area contributed by atoms with Gasteiger partial charge < -0.3 is 19.9 Å². The van der Waals surface area contributed by atoms with Gasteiger partial charge in [-0.05, 0) is 31.2 Å². The van der Waals surface area contributed by atoms with Crippen LogP contribution in [0.4, 0.5) is 14.5 Å². The second-order valence-electron chi connectivity index (χ2n) is 3.60. The molecule has 102 valence electrons. The lowest BCUT2D eigenvalue weighted by atomic mass is 10.3. The number of anilines is 1. The van der Waals surface area contributed by atoms with E-state index in [-0.39, 0.29) is 12.4 Å². The molecule has 0 aliphatic carbocycles. The standard InChI is InChI=1S/C12H17F2NO3/c1-2-17-8-10(16)7-15-9-3-5-11(6-4-9)18-12(13)14/h3-6,10,12,15-16H,2,7-8H2,1H3. The minimum Gasteiger partial charge on any atom is -0.435 e. The van der Waals surface area contributed by atoms with Crippen molar-refractivity contribution >= 4 is 5.69 Å². The molecule has 18 heavy (non-hydrogen) atoms. The molecule has 4 nitrogen and oxygen atoms in total. The molecular formula is C12H17F2NO3. The highest BCUT2D eigenvalue weighted by Crippen LogP contribution is 2.17. The summed E-state index contributed by atoms with van der Waals surface area (Å²) in [5.74, 6) is 0.102. The van der Waals surface area contributed by atoms with Crippen LogP contribution in [0.1, 0.15) is 6.92 Å². The molecule has 1 aromatic carbocycles. The molecule has 0 amide bonds. The minimum atomic E-state index is -2.82. The van der Waals surface area contributed by atoms with E-state index in [1.54, 1.807) is 12.1 Å². The molecule has 1 unspecified atom stereocenters. The molecular weight excluding hydrogens is 244 g/mol. The van der Waals surface area contributed by atoms with Crippen LogP contribution in [0.3, 0.4) is 0 Å². The maximum Gasteiger partial charge on any atom is 0.387 e. The average Bonchev–Trinajstić information content (AvgIpc) is 2.35. The molecule has 0 saturated carbocycles. The molecule has 0 radical (unpaired) electrons. The normalized spacial score (nSPS) is 12.5. The summed E-state index contributed by atoms with van der Waals surface area (Å²) < 4.78 is 33.1. The lowest BCUT2D eigenvalue weighted by Gasteiger charge is -2.13. The molecule has 0 aliphatic rings. The van der Waals surface area contributed by atoms with Crippen molar-refractivity contribution in [2.24, 2.45) is 0 Å². The van der Waals surface area contributed by atoms with Crippen LogP contribution in [0.5, 0.6) is 5.75 Å². The van der Waals surface area contributed by atoms with E-state index in [1.165, 1.54) is 12.1 Å². The van der Waals surface area contributed by atoms with E-state index in [4.69, 9.17) is 4.74 Å². The second kappa shape index (κ2) is 7.84. The van der Waals surface area contributed by atoms with E-state index in [2.05, 4.69) is 10.1 Å². The first-order valence-electron chi connectivity index (χ1n) is 5.66. The van der Waals surface area contributed by atoms with E-state index < -0.39 is 12.7 Å². The lowest BCUT2D eigenvalue weighted by Crippen LogP contribution is -2.24. The molecule has 0 saturated heterocycles. The molecule has 6 heteroatoms. The Labute approximate surface area is 105 Å². The van der Waals surface area contributed by atoms with Gasteiger partial charge in [0.1, 0.15) is 5.75 Å². The van der Waals surface area contributed by atoms with E-state index in [1.807, 2.05) is 6.92 Å².